The first-order chi connectivity index (χ1) is 12.1. The largest absolute Gasteiger partial charge is 0.478 e. The van der Waals surface area contributed by atoms with Crippen LogP contribution in [0, 0.1) is 0 Å². The summed E-state index contributed by atoms with van der Waals surface area (Å²) in [6.07, 6.45) is 4.64. The fraction of sp³-hybridized carbons (Fsp3) is 0.143. The van der Waals surface area contributed by atoms with Crippen LogP contribution in [0.1, 0.15) is 40.0 Å². The van der Waals surface area contributed by atoms with Crippen molar-refractivity contribution in [2.45, 2.75) is 19.3 Å². The highest BCUT2D eigenvalue weighted by atomic mass is 35.5. The Balaban J connectivity index is 1.95. The molecule has 0 fully saturated rings. The number of nitrogens with zero attached hydrogens (tertiary/aromatic N) is 1. The van der Waals surface area contributed by atoms with E-state index in [1.165, 1.54) is 0 Å². The molecule has 0 spiro atoms. The summed E-state index contributed by atoms with van der Waals surface area (Å²) in [6.45, 7) is 0. The summed E-state index contributed by atoms with van der Waals surface area (Å²) in [5, 5.41) is 11.2. The van der Waals surface area contributed by atoms with E-state index in [9.17, 15) is 9.90 Å². The molecule has 4 rings (SSSR count). The first-order valence-corrected chi connectivity index (χ1v) is 8.63. The highest BCUT2D eigenvalue weighted by molar-refractivity contribution is 6.30. The van der Waals surface area contributed by atoms with E-state index in [1.54, 1.807) is 0 Å². The van der Waals surface area contributed by atoms with Crippen LogP contribution in [-0.4, -0.2) is 16.1 Å². The maximum atomic E-state index is 11.9. The molecule has 0 saturated heterocycles. The molecule has 1 heterocycles. The number of hydrogen-bond acceptors (Lipinski definition) is 2. The molecule has 0 unspecified atom stereocenters. The summed E-state index contributed by atoms with van der Waals surface area (Å²) < 4.78 is 0. The second-order valence-electron chi connectivity index (χ2n) is 6.21. The smallest absolute Gasteiger partial charge is 0.336 e. The van der Waals surface area contributed by atoms with Gasteiger partial charge in [-0.25, -0.2) is 9.78 Å². The quantitative estimate of drug-likeness (QED) is 0.668. The molecule has 3 nitrogen and oxygen atoms in total. The lowest BCUT2D eigenvalue weighted by Gasteiger charge is -2.21. The van der Waals surface area contributed by atoms with Crippen LogP contribution in [-0.2, 0) is 6.42 Å². The second kappa shape index (κ2) is 6.34. The third kappa shape index (κ3) is 2.92. The zero-order valence-electron chi connectivity index (χ0n) is 13.5. The Hall–Kier alpha value is -2.65. The lowest BCUT2D eigenvalue weighted by Crippen LogP contribution is -2.13. The highest BCUT2D eigenvalue weighted by Gasteiger charge is 2.24. The normalized spacial score (nSPS) is 15.3. The van der Waals surface area contributed by atoms with Crippen LogP contribution in [0.2, 0.25) is 5.02 Å². The molecule has 1 aliphatic rings. The first kappa shape index (κ1) is 15.9. The number of pyridine rings is 1. The van der Waals surface area contributed by atoms with Crippen molar-refractivity contribution in [2.75, 3.05) is 0 Å². The SMILES string of the molecule is O=C(O)c1c2c(nc3ccccc13)C(=Cc1ccc(Cl)cc1)CCC2. The summed E-state index contributed by atoms with van der Waals surface area (Å²) in [4.78, 5) is 16.7. The van der Waals surface area contributed by atoms with Gasteiger partial charge < -0.3 is 5.11 Å². The van der Waals surface area contributed by atoms with Crippen LogP contribution in [0.3, 0.4) is 0 Å². The van der Waals surface area contributed by atoms with Crippen molar-refractivity contribution in [1.82, 2.24) is 4.98 Å². The summed E-state index contributed by atoms with van der Waals surface area (Å²) in [7, 11) is 0. The van der Waals surface area contributed by atoms with Crippen molar-refractivity contribution in [3.63, 3.8) is 0 Å². The summed E-state index contributed by atoms with van der Waals surface area (Å²) in [5.74, 6) is -0.886. The number of hydrogen-bond donors (Lipinski definition) is 1. The molecule has 3 aromatic rings. The third-order valence-electron chi connectivity index (χ3n) is 4.60. The van der Waals surface area contributed by atoms with Gasteiger partial charge in [0.25, 0.3) is 0 Å². The van der Waals surface area contributed by atoms with Crippen LogP contribution < -0.4 is 0 Å². The molecule has 0 aliphatic heterocycles. The van der Waals surface area contributed by atoms with E-state index in [0.29, 0.717) is 16.0 Å². The van der Waals surface area contributed by atoms with Gasteiger partial charge in [-0.1, -0.05) is 41.9 Å². The average Bonchev–Trinajstić information content (AvgIpc) is 2.62. The topological polar surface area (TPSA) is 50.2 Å². The van der Waals surface area contributed by atoms with Gasteiger partial charge in [-0.05, 0) is 60.2 Å². The maximum absolute atomic E-state index is 11.9. The standard InChI is InChI=1S/C21H16ClNO2/c22-15-10-8-13(9-11-15)12-14-4-3-6-17-19(21(24)25)16-5-1-2-7-18(16)23-20(14)17/h1-2,5,7-12H,3-4,6H2,(H,24,25). The van der Waals surface area contributed by atoms with Crippen LogP contribution in [0.4, 0.5) is 0 Å². The van der Waals surface area contributed by atoms with E-state index in [4.69, 9.17) is 16.6 Å². The fourth-order valence-corrected chi connectivity index (χ4v) is 3.61. The number of aromatic carboxylic acids is 1. The molecule has 1 N–H and O–H groups in total. The van der Waals surface area contributed by atoms with Crippen molar-refractivity contribution in [2.24, 2.45) is 0 Å². The number of aromatic nitrogens is 1. The van der Waals surface area contributed by atoms with Gasteiger partial charge in [0.15, 0.2) is 0 Å². The van der Waals surface area contributed by atoms with E-state index < -0.39 is 5.97 Å². The van der Waals surface area contributed by atoms with Crippen LogP contribution in [0.25, 0.3) is 22.6 Å². The van der Waals surface area contributed by atoms with Gasteiger partial charge in [-0.3, -0.25) is 0 Å². The second-order valence-corrected chi connectivity index (χ2v) is 6.65. The number of benzene rings is 2. The first-order valence-electron chi connectivity index (χ1n) is 8.25. The molecule has 4 heteroatoms. The van der Waals surface area contributed by atoms with Gasteiger partial charge in [0.05, 0.1) is 16.8 Å². The monoisotopic (exact) mass is 349 g/mol. The van der Waals surface area contributed by atoms with Crippen molar-refractivity contribution in [3.05, 3.63) is 75.9 Å². The summed E-state index contributed by atoms with van der Waals surface area (Å²) in [6, 6.07) is 15.1. The molecule has 124 valence electrons. The summed E-state index contributed by atoms with van der Waals surface area (Å²) >= 11 is 5.96. The van der Waals surface area contributed by atoms with Crippen LogP contribution in [0.15, 0.2) is 48.5 Å². The fourth-order valence-electron chi connectivity index (χ4n) is 3.48. The molecule has 1 aliphatic carbocycles. The average molecular weight is 350 g/mol. The minimum Gasteiger partial charge on any atom is -0.478 e. The van der Waals surface area contributed by atoms with Crippen molar-refractivity contribution >= 4 is 40.1 Å². The lowest BCUT2D eigenvalue weighted by molar-refractivity contribution is 0.0697. The van der Waals surface area contributed by atoms with Gasteiger partial charge in [0.1, 0.15) is 0 Å². The molecule has 25 heavy (non-hydrogen) atoms. The van der Waals surface area contributed by atoms with E-state index >= 15 is 0 Å². The Kier molecular flexibility index (Phi) is 4.02. The zero-order chi connectivity index (χ0) is 17.4. The molecular weight excluding hydrogens is 334 g/mol. The summed E-state index contributed by atoms with van der Waals surface area (Å²) in [5.41, 5.74) is 4.90. The molecule has 0 radical (unpaired) electrons. The third-order valence-corrected chi connectivity index (χ3v) is 4.85. The van der Waals surface area contributed by atoms with E-state index in [1.807, 2.05) is 48.5 Å². The van der Waals surface area contributed by atoms with Crippen LogP contribution >= 0.6 is 11.6 Å². The zero-order valence-corrected chi connectivity index (χ0v) is 14.3. The Morgan fingerprint density at radius 1 is 1.08 bits per heavy atom. The Morgan fingerprint density at radius 3 is 2.60 bits per heavy atom. The van der Waals surface area contributed by atoms with E-state index in [0.717, 1.165) is 47.2 Å². The molecule has 0 bridgehead atoms. The molecular formula is C21H16ClNO2. The molecule has 1 aromatic heterocycles. The number of fused-ring (bicyclic) bond motifs is 2. The number of halogens is 1. The predicted octanol–water partition coefficient (Wildman–Crippen LogP) is 5.46. The molecule has 0 saturated carbocycles. The van der Waals surface area contributed by atoms with Gasteiger partial charge >= 0.3 is 5.97 Å². The Labute approximate surface area is 150 Å². The Morgan fingerprint density at radius 2 is 1.84 bits per heavy atom. The van der Waals surface area contributed by atoms with Crippen LogP contribution in [0.5, 0.6) is 0 Å². The van der Waals surface area contributed by atoms with E-state index in [-0.39, 0.29) is 0 Å². The Bertz CT molecular complexity index is 1010. The van der Waals surface area contributed by atoms with Gasteiger partial charge in [-0.2, -0.15) is 0 Å². The van der Waals surface area contributed by atoms with E-state index in [2.05, 4.69) is 6.08 Å². The van der Waals surface area contributed by atoms with Gasteiger partial charge in [0.2, 0.25) is 0 Å². The molecule has 0 amide bonds. The number of carboxylic acids is 1. The lowest BCUT2D eigenvalue weighted by atomic mass is 9.86. The van der Waals surface area contributed by atoms with Crippen molar-refractivity contribution < 1.29 is 9.90 Å². The highest BCUT2D eigenvalue weighted by Crippen LogP contribution is 2.36. The minimum absolute atomic E-state index is 0.391. The number of rotatable bonds is 2. The van der Waals surface area contributed by atoms with Gasteiger partial charge in [0, 0.05) is 10.4 Å². The predicted molar refractivity (Wildman–Crippen MR) is 101 cm³/mol. The minimum atomic E-state index is -0.886. The number of para-hydroxylation sites is 1. The molecule has 2 aromatic carbocycles. The number of allylic oxidation sites excluding steroid dienone is 1. The van der Waals surface area contributed by atoms with Crippen molar-refractivity contribution in [1.29, 1.82) is 0 Å². The number of carbonyl (C=O) groups is 1. The van der Waals surface area contributed by atoms with Crippen molar-refractivity contribution in [3.8, 4) is 0 Å². The van der Waals surface area contributed by atoms with Gasteiger partial charge in [-0.15, -0.1) is 0 Å². The molecule has 0 atom stereocenters. The maximum Gasteiger partial charge on any atom is 0.336 e. The number of carboxylic acid groups (broad SMARTS) is 1.